The molecule has 0 bridgehead atoms. The molecule has 30 heavy (non-hydrogen) atoms. The van der Waals surface area contributed by atoms with Crippen LogP contribution in [-0.2, 0) is 16.0 Å². The first-order valence-corrected chi connectivity index (χ1v) is 10.8. The summed E-state index contributed by atoms with van der Waals surface area (Å²) in [6, 6.07) is 13.9. The molecule has 156 valence electrons. The molecule has 0 unspecified atom stereocenters. The Bertz CT molecular complexity index is 1010. The fraction of sp³-hybridized carbons (Fsp3) is 0.318. The number of aryl methyl sites for hydroxylation is 1. The van der Waals surface area contributed by atoms with Gasteiger partial charge in [0.25, 0.3) is 0 Å². The second kappa shape index (κ2) is 9.13. The van der Waals surface area contributed by atoms with Crippen LogP contribution < -0.4 is 10.2 Å². The number of hydrogen-bond donors (Lipinski definition) is 1. The van der Waals surface area contributed by atoms with Gasteiger partial charge in [0.15, 0.2) is 10.8 Å². The second-order valence-corrected chi connectivity index (χ2v) is 8.07. The molecule has 3 heterocycles. The molecule has 0 aliphatic carbocycles. The van der Waals surface area contributed by atoms with Gasteiger partial charge in [-0.05, 0) is 31.2 Å². The molecular weight excluding hydrogens is 400 g/mol. The maximum Gasteiger partial charge on any atom is 0.242 e. The van der Waals surface area contributed by atoms with Gasteiger partial charge in [0, 0.05) is 37.2 Å². The normalized spacial score (nSPS) is 14.0. The molecule has 1 aliphatic rings. The third-order valence-corrected chi connectivity index (χ3v) is 5.94. The number of anilines is 1. The lowest BCUT2D eigenvalue weighted by Gasteiger charge is -2.36. The van der Waals surface area contributed by atoms with Crippen molar-refractivity contribution in [1.29, 1.82) is 0 Å². The third kappa shape index (κ3) is 4.88. The smallest absolute Gasteiger partial charge is 0.242 e. The number of nitrogens with zero attached hydrogens (tertiary/aromatic N) is 3. The Balaban J connectivity index is 1.22. The van der Waals surface area contributed by atoms with E-state index in [0.29, 0.717) is 24.5 Å². The van der Waals surface area contributed by atoms with Crippen molar-refractivity contribution in [2.24, 2.45) is 0 Å². The predicted octanol–water partition coefficient (Wildman–Crippen LogP) is 2.72. The van der Waals surface area contributed by atoms with Gasteiger partial charge in [-0.25, -0.2) is 4.98 Å². The number of nitrogens with one attached hydrogen (secondary N) is 1. The van der Waals surface area contributed by atoms with E-state index in [4.69, 9.17) is 4.42 Å². The average molecular weight is 425 g/mol. The highest BCUT2D eigenvalue weighted by Crippen LogP contribution is 2.25. The fourth-order valence-corrected chi connectivity index (χ4v) is 4.20. The average Bonchev–Trinajstić information content (AvgIpc) is 3.41. The number of aromatic nitrogens is 1. The molecule has 1 N–H and O–H groups in total. The van der Waals surface area contributed by atoms with E-state index in [1.807, 2.05) is 42.6 Å². The number of carbonyl (C=O) groups excluding carboxylic acids is 2. The predicted molar refractivity (Wildman–Crippen MR) is 117 cm³/mol. The number of thiazole rings is 1. The SMILES string of the molecule is Cc1ccc(-c2nc(CC(=O)NCC(=O)N3CCN(c4ccccc4)CC3)cs2)o1. The highest BCUT2D eigenvalue weighted by Gasteiger charge is 2.21. The Hall–Kier alpha value is -3.13. The summed E-state index contributed by atoms with van der Waals surface area (Å²) in [6.07, 6.45) is 0.144. The molecule has 2 aromatic heterocycles. The molecule has 0 atom stereocenters. The van der Waals surface area contributed by atoms with Crippen LogP contribution >= 0.6 is 11.3 Å². The monoisotopic (exact) mass is 424 g/mol. The number of piperazine rings is 1. The zero-order valence-corrected chi connectivity index (χ0v) is 17.7. The molecule has 0 spiro atoms. The van der Waals surface area contributed by atoms with Crippen LogP contribution in [0.15, 0.2) is 52.3 Å². The number of rotatable bonds is 6. The standard InChI is InChI=1S/C22H24N4O3S/c1-16-7-8-19(29-16)22-24-17(15-30-22)13-20(27)23-14-21(28)26-11-9-25(10-12-26)18-5-3-2-4-6-18/h2-8,15H,9-14H2,1H3,(H,23,27). The van der Waals surface area contributed by atoms with Crippen LogP contribution in [0.25, 0.3) is 10.8 Å². The maximum atomic E-state index is 12.5. The van der Waals surface area contributed by atoms with Crippen LogP contribution in [0.2, 0.25) is 0 Å². The Labute approximate surface area is 179 Å². The van der Waals surface area contributed by atoms with E-state index in [2.05, 4.69) is 27.3 Å². The largest absolute Gasteiger partial charge is 0.459 e. The number of furan rings is 1. The summed E-state index contributed by atoms with van der Waals surface area (Å²) in [5, 5.41) is 5.31. The molecule has 8 heteroatoms. The minimum Gasteiger partial charge on any atom is -0.459 e. The van der Waals surface area contributed by atoms with Crippen molar-refractivity contribution in [1.82, 2.24) is 15.2 Å². The van der Waals surface area contributed by atoms with E-state index in [-0.39, 0.29) is 24.8 Å². The van der Waals surface area contributed by atoms with Gasteiger partial charge in [-0.2, -0.15) is 0 Å². The van der Waals surface area contributed by atoms with E-state index in [1.54, 1.807) is 4.90 Å². The summed E-state index contributed by atoms with van der Waals surface area (Å²) in [6.45, 7) is 4.78. The quantitative estimate of drug-likeness (QED) is 0.658. The lowest BCUT2D eigenvalue weighted by Crippen LogP contribution is -2.51. The van der Waals surface area contributed by atoms with E-state index < -0.39 is 0 Å². The van der Waals surface area contributed by atoms with E-state index in [0.717, 1.165) is 23.9 Å². The summed E-state index contributed by atoms with van der Waals surface area (Å²) >= 11 is 1.44. The summed E-state index contributed by atoms with van der Waals surface area (Å²) in [4.78, 5) is 33.2. The number of para-hydroxylation sites is 1. The van der Waals surface area contributed by atoms with Crippen molar-refractivity contribution in [2.45, 2.75) is 13.3 Å². The molecule has 0 saturated carbocycles. The second-order valence-electron chi connectivity index (χ2n) is 7.21. The molecule has 1 fully saturated rings. The molecule has 0 radical (unpaired) electrons. The highest BCUT2D eigenvalue weighted by molar-refractivity contribution is 7.13. The van der Waals surface area contributed by atoms with Gasteiger partial charge in [-0.1, -0.05) is 18.2 Å². The first kappa shape index (κ1) is 20.2. The minimum absolute atomic E-state index is 0.0124. The van der Waals surface area contributed by atoms with Gasteiger partial charge in [0.05, 0.1) is 18.7 Å². The lowest BCUT2D eigenvalue weighted by molar-refractivity contribution is -0.133. The topological polar surface area (TPSA) is 78.7 Å². The molecule has 1 aromatic carbocycles. The van der Waals surface area contributed by atoms with Crippen molar-refractivity contribution in [3.05, 3.63) is 59.3 Å². The molecule has 2 amide bonds. The number of carbonyl (C=O) groups is 2. The summed E-state index contributed by atoms with van der Waals surface area (Å²) < 4.78 is 5.56. The van der Waals surface area contributed by atoms with E-state index in [1.165, 1.54) is 17.0 Å². The Kier molecular flexibility index (Phi) is 6.13. The van der Waals surface area contributed by atoms with Crippen molar-refractivity contribution < 1.29 is 14.0 Å². The Morgan fingerprint density at radius 2 is 1.87 bits per heavy atom. The molecule has 1 aliphatic heterocycles. The first-order chi connectivity index (χ1) is 14.6. The number of hydrogen-bond acceptors (Lipinski definition) is 6. The minimum atomic E-state index is -0.209. The van der Waals surface area contributed by atoms with Crippen LogP contribution in [0.3, 0.4) is 0 Å². The number of benzene rings is 1. The zero-order chi connectivity index (χ0) is 20.9. The van der Waals surface area contributed by atoms with E-state index >= 15 is 0 Å². The maximum absolute atomic E-state index is 12.5. The van der Waals surface area contributed by atoms with Gasteiger partial charge in [-0.15, -0.1) is 11.3 Å². The van der Waals surface area contributed by atoms with Gasteiger partial charge < -0.3 is 19.5 Å². The van der Waals surface area contributed by atoms with E-state index in [9.17, 15) is 9.59 Å². The number of amides is 2. The van der Waals surface area contributed by atoms with Crippen molar-refractivity contribution in [3.8, 4) is 10.8 Å². The summed E-state index contributed by atoms with van der Waals surface area (Å²) in [7, 11) is 0. The van der Waals surface area contributed by atoms with Gasteiger partial charge in [-0.3, -0.25) is 9.59 Å². The van der Waals surface area contributed by atoms with Crippen LogP contribution in [-0.4, -0.2) is 54.4 Å². The summed E-state index contributed by atoms with van der Waals surface area (Å²) in [5.74, 6) is 1.26. The van der Waals surface area contributed by atoms with Gasteiger partial charge in [0.2, 0.25) is 11.8 Å². The molecule has 7 nitrogen and oxygen atoms in total. The van der Waals surface area contributed by atoms with Crippen LogP contribution in [0, 0.1) is 6.92 Å². The van der Waals surface area contributed by atoms with Gasteiger partial charge >= 0.3 is 0 Å². The Morgan fingerprint density at radius 1 is 1.10 bits per heavy atom. The molecule has 1 saturated heterocycles. The Morgan fingerprint density at radius 3 is 2.57 bits per heavy atom. The zero-order valence-electron chi connectivity index (χ0n) is 16.8. The highest BCUT2D eigenvalue weighted by atomic mass is 32.1. The molecular formula is C22H24N4O3S. The lowest BCUT2D eigenvalue weighted by atomic mass is 10.2. The molecule has 4 rings (SSSR count). The third-order valence-electron chi connectivity index (χ3n) is 5.04. The molecule has 3 aromatic rings. The van der Waals surface area contributed by atoms with Crippen molar-refractivity contribution in [3.63, 3.8) is 0 Å². The van der Waals surface area contributed by atoms with Crippen LogP contribution in [0.4, 0.5) is 5.69 Å². The van der Waals surface area contributed by atoms with Crippen LogP contribution in [0.5, 0.6) is 0 Å². The first-order valence-electron chi connectivity index (χ1n) is 9.94. The van der Waals surface area contributed by atoms with Crippen molar-refractivity contribution in [2.75, 3.05) is 37.6 Å². The fourth-order valence-electron chi connectivity index (χ4n) is 3.42. The van der Waals surface area contributed by atoms with Gasteiger partial charge in [0.1, 0.15) is 5.76 Å². The summed E-state index contributed by atoms with van der Waals surface area (Å²) in [5.41, 5.74) is 1.84. The van der Waals surface area contributed by atoms with Crippen molar-refractivity contribution >= 4 is 28.8 Å². The van der Waals surface area contributed by atoms with Crippen LogP contribution in [0.1, 0.15) is 11.5 Å².